The maximum Gasteiger partial charge on any atom is 0.259 e. The highest BCUT2D eigenvalue weighted by Gasteiger charge is 2.27. The third-order valence-electron chi connectivity index (χ3n) is 3.81. The Balaban J connectivity index is 1.99. The molecular weight excluding hydrogens is 360 g/mol. The summed E-state index contributed by atoms with van der Waals surface area (Å²) >= 11 is 3.43. The largest absolute Gasteiger partial charge is 0.507 e. The van der Waals surface area contributed by atoms with E-state index in [0.29, 0.717) is 12.2 Å². The number of rotatable bonds is 2. The molecule has 0 unspecified atom stereocenters. The first-order valence-electron chi connectivity index (χ1n) is 7.17. The molecule has 1 aliphatic heterocycles. The third kappa shape index (κ3) is 2.94. The number of para-hydroxylation sites is 1. The first-order chi connectivity index (χ1) is 11.0. The number of nitrogens with zero attached hydrogens (tertiary/aromatic N) is 1. The van der Waals surface area contributed by atoms with Gasteiger partial charge in [-0.3, -0.25) is 9.59 Å². The molecule has 0 fully saturated rings. The predicted molar refractivity (Wildman–Crippen MR) is 91.9 cm³/mol. The van der Waals surface area contributed by atoms with Crippen LogP contribution in [0.4, 0.5) is 11.4 Å². The zero-order chi connectivity index (χ0) is 16.6. The van der Waals surface area contributed by atoms with Gasteiger partial charge in [-0.05, 0) is 36.2 Å². The Hall–Kier alpha value is -2.34. The van der Waals surface area contributed by atoms with Crippen LogP contribution in [0.25, 0.3) is 0 Å². The molecule has 2 aromatic carbocycles. The summed E-state index contributed by atoms with van der Waals surface area (Å²) in [7, 11) is 0. The summed E-state index contributed by atoms with van der Waals surface area (Å²) in [5, 5.41) is 12.6. The standard InChI is InChI=1S/C17H15BrN2O3/c1-10(21)20-7-6-11-8-12(18)9-14(16(11)20)19-17(23)13-4-2-3-5-15(13)22/h2-5,8-9,22H,6-7H2,1H3,(H,19,23). The number of phenolic OH excluding ortho intramolecular Hbond substituents is 1. The molecule has 118 valence electrons. The van der Waals surface area contributed by atoms with Crippen molar-refractivity contribution in [1.82, 2.24) is 0 Å². The molecule has 3 rings (SSSR count). The second kappa shape index (κ2) is 6.04. The highest BCUT2D eigenvalue weighted by atomic mass is 79.9. The number of fused-ring (bicyclic) bond motifs is 1. The summed E-state index contributed by atoms with van der Waals surface area (Å²) in [5.74, 6) is -0.567. The van der Waals surface area contributed by atoms with Gasteiger partial charge in [-0.15, -0.1) is 0 Å². The van der Waals surface area contributed by atoms with Crippen molar-refractivity contribution in [3.63, 3.8) is 0 Å². The zero-order valence-electron chi connectivity index (χ0n) is 12.5. The lowest BCUT2D eigenvalue weighted by atomic mass is 10.1. The molecule has 0 aliphatic carbocycles. The van der Waals surface area contributed by atoms with E-state index in [1.54, 1.807) is 29.2 Å². The predicted octanol–water partition coefficient (Wildman–Crippen LogP) is 3.32. The van der Waals surface area contributed by atoms with E-state index in [9.17, 15) is 14.7 Å². The van der Waals surface area contributed by atoms with E-state index >= 15 is 0 Å². The number of hydrogen-bond donors (Lipinski definition) is 2. The van der Waals surface area contributed by atoms with Gasteiger partial charge in [0.2, 0.25) is 5.91 Å². The lowest BCUT2D eigenvalue weighted by Gasteiger charge is -2.19. The van der Waals surface area contributed by atoms with Crippen molar-refractivity contribution >= 4 is 39.1 Å². The van der Waals surface area contributed by atoms with Gasteiger partial charge in [0, 0.05) is 17.9 Å². The maximum atomic E-state index is 12.4. The van der Waals surface area contributed by atoms with Gasteiger partial charge in [0.05, 0.1) is 16.9 Å². The van der Waals surface area contributed by atoms with Crippen molar-refractivity contribution in [2.45, 2.75) is 13.3 Å². The van der Waals surface area contributed by atoms with Crippen LogP contribution in [0.3, 0.4) is 0 Å². The lowest BCUT2D eigenvalue weighted by Crippen LogP contribution is -2.27. The van der Waals surface area contributed by atoms with E-state index < -0.39 is 5.91 Å². The number of benzene rings is 2. The summed E-state index contributed by atoms with van der Waals surface area (Å²) < 4.78 is 0.828. The molecule has 0 spiro atoms. The van der Waals surface area contributed by atoms with Crippen molar-refractivity contribution in [3.05, 3.63) is 52.0 Å². The number of phenols is 1. The van der Waals surface area contributed by atoms with E-state index in [1.807, 2.05) is 6.07 Å². The Morgan fingerprint density at radius 3 is 2.70 bits per heavy atom. The summed E-state index contributed by atoms with van der Waals surface area (Å²) in [6, 6.07) is 10.1. The molecule has 0 atom stereocenters. The number of aromatic hydroxyl groups is 1. The van der Waals surface area contributed by atoms with Gasteiger partial charge in [0.25, 0.3) is 5.91 Å². The SMILES string of the molecule is CC(=O)N1CCc2cc(Br)cc(NC(=O)c3ccccc3O)c21. The van der Waals surface area contributed by atoms with Crippen LogP contribution in [0.1, 0.15) is 22.8 Å². The van der Waals surface area contributed by atoms with Crippen LogP contribution in [0, 0.1) is 0 Å². The van der Waals surface area contributed by atoms with E-state index in [1.165, 1.54) is 13.0 Å². The highest BCUT2D eigenvalue weighted by Crippen LogP contribution is 2.38. The number of anilines is 2. The summed E-state index contributed by atoms with van der Waals surface area (Å²) in [6.07, 6.45) is 0.744. The quantitative estimate of drug-likeness (QED) is 0.846. The van der Waals surface area contributed by atoms with Crippen LogP contribution in [0.15, 0.2) is 40.9 Å². The Morgan fingerprint density at radius 1 is 1.26 bits per heavy atom. The average Bonchev–Trinajstić information content (AvgIpc) is 2.91. The Morgan fingerprint density at radius 2 is 2.00 bits per heavy atom. The van der Waals surface area contributed by atoms with Crippen LogP contribution < -0.4 is 10.2 Å². The fraction of sp³-hybridized carbons (Fsp3) is 0.176. The van der Waals surface area contributed by atoms with E-state index in [2.05, 4.69) is 21.2 Å². The Bertz CT molecular complexity index is 804. The number of amides is 2. The number of carbonyl (C=O) groups excluding carboxylic acids is 2. The van der Waals surface area contributed by atoms with Gasteiger partial charge in [-0.2, -0.15) is 0 Å². The molecule has 0 bridgehead atoms. The molecule has 2 amide bonds. The number of halogens is 1. The molecular formula is C17H15BrN2O3. The van der Waals surface area contributed by atoms with Crippen molar-refractivity contribution in [2.24, 2.45) is 0 Å². The van der Waals surface area contributed by atoms with Gasteiger partial charge in [-0.25, -0.2) is 0 Å². The van der Waals surface area contributed by atoms with Crippen molar-refractivity contribution in [3.8, 4) is 5.75 Å². The van der Waals surface area contributed by atoms with Crippen molar-refractivity contribution in [2.75, 3.05) is 16.8 Å². The van der Waals surface area contributed by atoms with E-state index in [4.69, 9.17) is 0 Å². The van der Waals surface area contributed by atoms with Crippen molar-refractivity contribution < 1.29 is 14.7 Å². The topological polar surface area (TPSA) is 69.6 Å². The van der Waals surface area contributed by atoms with Gasteiger partial charge in [0.1, 0.15) is 5.75 Å². The normalized spacial score (nSPS) is 12.9. The number of hydrogen-bond acceptors (Lipinski definition) is 3. The minimum absolute atomic E-state index is 0.0656. The second-order valence-corrected chi connectivity index (χ2v) is 6.27. The van der Waals surface area contributed by atoms with Crippen LogP contribution in [-0.2, 0) is 11.2 Å². The van der Waals surface area contributed by atoms with Gasteiger partial charge in [-0.1, -0.05) is 28.1 Å². The Kier molecular flexibility index (Phi) is 4.09. The number of carbonyl (C=O) groups is 2. The second-order valence-electron chi connectivity index (χ2n) is 5.35. The molecule has 0 saturated carbocycles. The minimum Gasteiger partial charge on any atom is -0.507 e. The molecule has 6 heteroatoms. The van der Waals surface area contributed by atoms with Crippen LogP contribution >= 0.6 is 15.9 Å². The van der Waals surface area contributed by atoms with E-state index in [0.717, 1.165) is 22.1 Å². The molecule has 2 N–H and O–H groups in total. The highest BCUT2D eigenvalue weighted by molar-refractivity contribution is 9.10. The van der Waals surface area contributed by atoms with Gasteiger partial charge in [0.15, 0.2) is 0 Å². The molecule has 2 aromatic rings. The third-order valence-corrected chi connectivity index (χ3v) is 4.26. The van der Waals surface area contributed by atoms with Crippen LogP contribution in [0.5, 0.6) is 5.75 Å². The van der Waals surface area contributed by atoms with Gasteiger partial charge >= 0.3 is 0 Å². The van der Waals surface area contributed by atoms with Crippen molar-refractivity contribution in [1.29, 1.82) is 0 Å². The first-order valence-corrected chi connectivity index (χ1v) is 7.96. The molecule has 1 heterocycles. The fourth-order valence-corrected chi connectivity index (χ4v) is 3.28. The van der Waals surface area contributed by atoms with Gasteiger partial charge < -0.3 is 15.3 Å². The molecule has 0 radical (unpaired) electrons. The van der Waals surface area contributed by atoms with Crippen LogP contribution in [-0.4, -0.2) is 23.5 Å². The summed E-state index contributed by atoms with van der Waals surface area (Å²) in [4.78, 5) is 25.9. The minimum atomic E-state index is -0.418. The summed E-state index contributed by atoms with van der Waals surface area (Å²) in [6.45, 7) is 2.10. The molecule has 1 aliphatic rings. The molecule has 5 nitrogen and oxygen atoms in total. The smallest absolute Gasteiger partial charge is 0.259 e. The summed E-state index contributed by atoms with van der Waals surface area (Å²) in [5.41, 5.74) is 2.47. The molecule has 0 saturated heterocycles. The number of nitrogens with one attached hydrogen (secondary N) is 1. The maximum absolute atomic E-state index is 12.4. The molecule has 23 heavy (non-hydrogen) atoms. The lowest BCUT2D eigenvalue weighted by molar-refractivity contribution is -0.116. The van der Waals surface area contributed by atoms with E-state index in [-0.39, 0.29) is 17.2 Å². The first kappa shape index (κ1) is 15.6. The fourth-order valence-electron chi connectivity index (χ4n) is 2.77. The van der Waals surface area contributed by atoms with Crippen LogP contribution in [0.2, 0.25) is 0 Å². The zero-order valence-corrected chi connectivity index (χ0v) is 14.1. The average molecular weight is 375 g/mol. The molecule has 0 aromatic heterocycles. The monoisotopic (exact) mass is 374 g/mol. The Labute approximate surface area is 142 Å².